The van der Waals surface area contributed by atoms with Crippen LogP contribution >= 0.6 is 11.3 Å². The molecule has 6 aromatic carbocycles. The number of hydrogen-bond acceptors (Lipinski definition) is 3. The topological polar surface area (TPSA) is 30.7 Å². The molecular weight excluding hydrogens is 975 g/mol. The number of benzene rings is 6. The van der Waals surface area contributed by atoms with Gasteiger partial charge in [0, 0.05) is 30.5 Å². The molecule has 0 atom stereocenters. The molecule has 0 N–H and O–H groups in total. The van der Waals surface area contributed by atoms with Gasteiger partial charge in [-0.15, -0.1) is 17.7 Å². The Labute approximate surface area is 370 Å². The zero-order valence-electron chi connectivity index (χ0n) is 35.4. The van der Waals surface area contributed by atoms with Gasteiger partial charge in [-0.1, -0.05) is 100 Å². The number of para-hydroxylation sites is 2. The second-order valence-electron chi connectivity index (χ2n) is 17.0. The minimum atomic E-state index is -1.72. The van der Waals surface area contributed by atoms with Crippen LogP contribution in [0.1, 0.15) is 61.8 Å². The first-order chi connectivity index (χ1) is 27.9. The van der Waals surface area contributed by atoms with E-state index in [0.717, 1.165) is 33.7 Å². The first-order valence-electron chi connectivity index (χ1n) is 20.4. The number of nitrogens with zero attached hydrogens (tertiary/aromatic N) is 3. The van der Waals surface area contributed by atoms with E-state index in [9.17, 15) is 0 Å². The molecule has 3 nitrogen and oxygen atoms in total. The van der Waals surface area contributed by atoms with Gasteiger partial charge in [0.05, 0.1) is 16.9 Å². The van der Waals surface area contributed by atoms with Crippen molar-refractivity contribution in [3.63, 3.8) is 0 Å². The number of rotatable bonds is 7. The van der Waals surface area contributed by atoms with Crippen LogP contribution in [-0.2, 0) is 20.1 Å². The van der Waals surface area contributed by atoms with Crippen LogP contribution in [0.25, 0.3) is 70.7 Å². The molecule has 9 rings (SSSR count). The molecule has 0 aliphatic rings. The number of imidazole rings is 1. The van der Waals surface area contributed by atoms with Crippen LogP contribution in [0.3, 0.4) is 0 Å². The molecule has 3 heterocycles. The summed E-state index contributed by atoms with van der Waals surface area (Å²) < 4.78 is 6.45. The van der Waals surface area contributed by atoms with Crippen molar-refractivity contribution in [1.82, 2.24) is 14.5 Å². The Hall–Kier alpha value is -4.65. The molecule has 0 unspecified atom stereocenters. The van der Waals surface area contributed by atoms with Crippen LogP contribution in [0.5, 0.6) is 0 Å². The third kappa shape index (κ3) is 8.54. The fourth-order valence-corrected chi connectivity index (χ4v) is 11.4. The number of thiophene rings is 1. The molecule has 6 heteroatoms. The van der Waals surface area contributed by atoms with Crippen molar-refractivity contribution < 1.29 is 20.1 Å². The minimum Gasteiger partial charge on any atom is 0 e. The predicted octanol–water partition coefficient (Wildman–Crippen LogP) is 14.5. The Balaban J connectivity index is 0.000000262. The maximum absolute atomic E-state index is 5.35. The van der Waals surface area contributed by atoms with Gasteiger partial charge in [0.15, 0.2) is 0 Å². The molecule has 299 valence electrons. The SMILES string of the molecule is Cc1ccc2c(c1)sc1c(-c3nc4ccccc4n3-c3c(C(C)C)cc(-c4ccccc4)cc3C(C)C)[c-]cc(C)c12.[CH3][Ge]([CH3])([CH3])[c]1ccc(-c2[c-]cccc2)nc1.[Ir]. The van der Waals surface area contributed by atoms with Gasteiger partial charge >= 0.3 is 99.8 Å². The van der Waals surface area contributed by atoms with Crippen LogP contribution < -0.4 is 4.40 Å². The van der Waals surface area contributed by atoms with E-state index >= 15 is 0 Å². The van der Waals surface area contributed by atoms with Crippen LogP contribution in [0, 0.1) is 26.0 Å². The van der Waals surface area contributed by atoms with Gasteiger partial charge in [-0.05, 0) is 87.0 Å². The maximum atomic E-state index is 5.35. The van der Waals surface area contributed by atoms with E-state index in [1.807, 2.05) is 41.8 Å². The minimum absolute atomic E-state index is 0. The summed E-state index contributed by atoms with van der Waals surface area (Å²) in [5.74, 6) is 8.75. The van der Waals surface area contributed by atoms with Crippen molar-refractivity contribution in [3.8, 4) is 39.5 Å². The van der Waals surface area contributed by atoms with Crippen LogP contribution in [0.15, 0.2) is 134 Å². The van der Waals surface area contributed by atoms with Crippen molar-refractivity contribution in [1.29, 1.82) is 0 Å². The molecule has 0 aliphatic heterocycles. The zero-order chi connectivity index (χ0) is 40.7. The van der Waals surface area contributed by atoms with Crippen molar-refractivity contribution >= 4 is 60.2 Å². The first-order valence-corrected chi connectivity index (χ1v) is 28.5. The van der Waals surface area contributed by atoms with Crippen LogP contribution in [0.2, 0.25) is 17.3 Å². The Morgan fingerprint density at radius 3 is 2.05 bits per heavy atom. The summed E-state index contributed by atoms with van der Waals surface area (Å²) in [6.07, 6.45) is 2.04. The molecule has 0 bridgehead atoms. The molecule has 0 saturated carbocycles. The molecule has 59 heavy (non-hydrogen) atoms. The quantitative estimate of drug-likeness (QED) is 0.118. The van der Waals surface area contributed by atoms with Crippen LogP contribution in [0.4, 0.5) is 0 Å². The van der Waals surface area contributed by atoms with E-state index < -0.39 is 13.3 Å². The van der Waals surface area contributed by atoms with E-state index in [2.05, 4.69) is 184 Å². The molecule has 9 aromatic rings. The molecule has 3 aromatic heterocycles. The number of fused-ring (bicyclic) bond motifs is 4. The van der Waals surface area contributed by atoms with E-state index in [-0.39, 0.29) is 20.1 Å². The van der Waals surface area contributed by atoms with Gasteiger partial charge in [-0.2, -0.15) is 11.3 Å². The van der Waals surface area contributed by atoms with Crippen LogP contribution in [-0.4, -0.2) is 27.8 Å². The van der Waals surface area contributed by atoms with Gasteiger partial charge in [-0.3, -0.25) is 4.98 Å². The van der Waals surface area contributed by atoms with E-state index in [1.54, 1.807) is 0 Å². The van der Waals surface area contributed by atoms with E-state index in [0.29, 0.717) is 11.8 Å². The third-order valence-electron chi connectivity index (χ3n) is 11.0. The standard InChI is InChI=1S/C39H35N2S.C14H16GeN.Ir/c1-23(2)31-21-28(27-12-8-7-9-13-27)22-32(24(3)4)37(31)41-34-15-11-10-14-33(34)40-39(41)30-19-17-26(6)36-29-18-16-25(5)20-35(29)42-38(30)36;1-15(2,3)13-9-10-14(16-11-13)12-7-5-4-6-8-12;/h7-18,20-24H,1-6H3;4-7,9-11H,1-3H3;/q2*-1;. The van der Waals surface area contributed by atoms with Gasteiger partial charge < -0.3 is 4.57 Å². The van der Waals surface area contributed by atoms with Gasteiger partial charge in [0.25, 0.3) is 0 Å². The van der Waals surface area contributed by atoms with Crippen molar-refractivity contribution in [2.24, 2.45) is 0 Å². The van der Waals surface area contributed by atoms with Crippen molar-refractivity contribution in [2.45, 2.75) is 70.6 Å². The fourth-order valence-electron chi connectivity index (χ4n) is 7.84. The zero-order valence-corrected chi connectivity index (χ0v) is 40.7. The number of aromatic nitrogens is 3. The summed E-state index contributed by atoms with van der Waals surface area (Å²) in [5, 5.41) is 2.63. The summed E-state index contributed by atoms with van der Waals surface area (Å²) in [4.78, 5) is 9.88. The largest absolute Gasteiger partial charge is 0 e. The maximum Gasteiger partial charge on any atom is 0 e. The molecule has 0 saturated heterocycles. The third-order valence-corrected chi connectivity index (χ3v) is 16.5. The van der Waals surface area contributed by atoms with E-state index in [4.69, 9.17) is 4.98 Å². The van der Waals surface area contributed by atoms with Crippen molar-refractivity contribution in [3.05, 3.63) is 168 Å². The van der Waals surface area contributed by atoms with Gasteiger partial charge in [0.1, 0.15) is 0 Å². The molecule has 1 radical (unpaired) electrons. The summed E-state index contributed by atoms with van der Waals surface area (Å²) >= 11 is 0.146. The number of hydrogen-bond donors (Lipinski definition) is 0. The van der Waals surface area contributed by atoms with Gasteiger partial charge in [-0.25, -0.2) is 0 Å². The number of pyridine rings is 1. The summed E-state index contributed by atoms with van der Waals surface area (Å²) in [6.45, 7) is 13.6. The Morgan fingerprint density at radius 1 is 0.712 bits per heavy atom. The monoisotopic (exact) mass is 1030 g/mol. The molecule has 0 spiro atoms. The molecule has 0 aliphatic carbocycles. The van der Waals surface area contributed by atoms with Crippen molar-refractivity contribution in [2.75, 3.05) is 0 Å². The Bertz CT molecular complexity index is 2860. The molecule has 0 amide bonds. The fraction of sp³-hybridized carbons (Fsp3) is 0.208. The Kier molecular flexibility index (Phi) is 12.6. The average Bonchev–Trinajstić information content (AvgIpc) is 3.80. The average molecular weight is 1030 g/mol. The normalized spacial score (nSPS) is 11.6. The molecule has 0 fully saturated rings. The number of aryl methyl sites for hydroxylation is 2. The second kappa shape index (κ2) is 17.5. The summed E-state index contributed by atoms with van der Waals surface area (Å²) in [6, 6.07) is 52.3. The van der Waals surface area contributed by atoms with E-state index in [1.165, 1.54) is 63.6 Å². The summed E-state index contributed by atoms with van der Waals surface area (Å²) in [5.41, 5.74) is 14.2. The van der Waals surface area contributed by atoms with Gasteiger partial charge in [0.2, 0.25) is 0 Å². The smallest absolute Gasteiger partial charge is 0 e. The first kappa shape index (κ1) is 42.5. The second-order valence-corrected chi connectivity index (χ2v) is 28.8. The molecular formula is C53H51GeIrN3S-2. The Morgan fingerprint density at radius 2 is 1.41 bits per heavy atom. The summed E-state index contributed by atoms with van der Waals surface area (Å²) in [7, 11) is 0. The predicted molar refractivity (Wildman–Crippen MR) is 253 cm³/mol.